The summed E-state index contributed by atoms with van der Waals surface area (Å²) in [5.74, 6) is -0.398. The number of H-pyrrole nitrogens is 1. The minimum absolute atomic E-state index is 0.281. The number of carbonyl (C=O) groups is 1. The monoisotopic (exact) mass is 257 g/mol. The topological polar surface area (TPSA) is 53.1 Å². The Morgan fingerprint density at radius 2 is 2.11 bits per heavy atom. The second-order valence-electron chi connectivity index (χ2n) is 5.74. The van der Waals surface area contributed by atoms with Crippen molar-refractivity contribution in [2.24, 2.45) is 5.92 Å². The van der Waals surface area contributed by atoms with E-state index in [4.69, 9.17) is 5.11 Å². The molecule has 19 heavy (non-hydrogen) atoms. The van der Waals surface area contributed by atoms with Crippen molar-refractivity contribution in [1.82, 2.24) is 4.98 Å². The van der Waals surface area contributed by atoms with Gasteiger partial charge in [0.25, 0.3) is 0 Å². The molecule has 2 N–H and O–H groups in total. The number of nitrogens with one attached hydrogen (secondary N) is 1. The first-order chi connectivity index (χ1) is 9.06. The standard InChI is InChI=1S/C16H19NO2/c1-9-3-4-10(2)16-15(9)12-7-11(8-14(18)19)5-6-13(12)17-16/h3-4,11,17H,5-8H2,1-2H3,(H,18,19). The van der Waals surface area contributed by atoms with Crippen LogP contribution in [-0.2, 0) is 17.6 Å². The number of aromatic nitrogens is 1. The predicted octanol–water partition coefficient (Wildman–Crippen LogP) is 3.36. The highest BCUT2D eigenvalue weighted by Gasteiger charge is 2.25. The summed E-state index contributed by atoms with van der Waals surface area (Å²) in [6.07, 6.45) is 3.13. The summed E-state index contributed by atoms with van der Waals surface area (Å²) in [5.41, 5.74) is 6.46. The zero-order chi connectivity index (χ0) is 13.6. The van der Waals surface area contributed by atoms with E-state index in [0.717, 1.165) is 19.3 Å². The lowest BCUT2D eigenvalue weighted by Crippen LogP contribution is -2.17. The fraction of sp³-hybridized carbons (Fsp3) is 0.438. The van der Waals surface area contributed by atoms with Crippen LogP contribution in [0, 0.1) is 19.8 Å². The number of hydrogen-bond donors (Lipinski definition) is 2. The van der Waals surface area contributed by atoms with Crippen LogP contribution >= 0.6 is 0 Å². The molecule has 0 radical (unpaired) electrons. The molecule has 1 heterocycles. The molecule has 0 bridgehead atoms. The van der Waals surface area contributed by atoms with Gasteiger partial charge >= 0.3 is 5.97 Å². The van der Waals surface area contributed by atoms with Crippen molar-refractivity contribution in [3.63, 3.8) is 0 Å². The number of aryl methyl sites for hydroxylation is 3. The molecule has 1 aliphatic carbocycles. The minimum Gasteiger partial charge on any atom is -0.481 e. The number of aliphatic carboxylic acids is 1. The quantitative estimate of drug-likeness (QED) is 0.866. The van der Waals surface area contributed by atoms with E-state index in [-0.39, 0.29) is 12.3 Å². The number of rotatable bonds is 2. The Balaban J connectivity index is 2.08. The molecule has 0 amide bonds. The van der Waals surface area contributed by atoms with Gasteiger partial charge in [0.1, 0.15) is 0 Å². The van der Waals surface area contributed by atoms with Gasteiger partial charge in [0.05, 0.1) is 0 Å². The number of carboxylic acids is 1. The summed E-state index contributed by atoms with van der Waals surface area (Å²) in [6.45, 7) is 4.26. The molecule has 1 aromatic carbocycles. The van der Waals surface area contributed by atoms with Crippen molar-refractivity contribution >= 4 is 16.9 Å². The second kappa shape index (κ2) is 4.41. The van der Waals surface area contributed by atoms with Crippen LogP contribution < -0.4 is 0 Å². The number of aromatic amines is 1. The maximum absolute atomic E-state index is 10.9. The third-order valence-corrected chi connectivity index (χ3v) is 4.32. The first kappa shape index (κ1) is 12.3. The fourth-order valence-corrected chi connectivity index (χ4v) is 3.34. The zero-order valence-corrected chi connectivity index (χ0v) is 11.4. The lowest BCUT2D eigenvalue weighted by Gasteiger charge is -2.21. The fourth-order valence-electron chi connectivity index (χ4n) is 3.34. The Morgan fingerprint density at radius 1 is 1.37 bits per heavy atom. The molecule has 1 atom stereocenters. The Morgan fingerprint density at radius 3 is 2.84 bits per heavy atom. The highest BCUT2D eigenvalue weighted by molar-refractivity contribution is 5.90. The average Bonchev–Trinajstić information content (AvgIpc) is 2.73. The van der Waals surface area contributed by atoms with Crippen LogP contribution in [-0.4, -0.2) is 16.1 Å². The van der Waals surface area contributed by atoms with E-state index < -0.39 is 5.97 Å². The Kier molecular flexibility index (Phi) is 2.85. The van der Waals surface area contributed by atoms with E-state index in [9.17, 15) is 4.79 Å². The van der Waals surface area contributed by atoms with E-state index in [0.29, 0.717) is 0 Å². The van der Waals surface area contributed by atoms with Crippen molar-refractivity contribution in [3.05, 3.63) is 34.5 Å². The highest BCUT2D eigenvalue weighted by Crippen LogP contribution is 2.35. The largest absolute Gasteiger partial charge is 0.481 e. The average molecular weight is 257 g/mol. The number of hydrogen-bond acceptors (Lipinski definition) is 1. The molecule has 1 aliphatic rings. The van der Waals surface area contributed by atoms with Crippen LogP contribution in [0.15, 0.2) is 12.1 Å². The van der Waals surface area contributed by atoms with Crippen LogP contribution in [0.5, 0.6) is 0 Å². The molecular formula is C16H19NO2. The van der Waals surface area contributed by atoms with Gasteiger partial charge in [-0.25, -0.2) is 0 Å². The van der Waals surface area contributed by atoms with E-state index in [2.05, 4.69) is 31.0 Å². The van der Waals surface area contributed by atoms with Crippen LogP contribution in [0.25, 0.3) is 10.9 Å². The third-order valence-electron chi connectivity index (χ3n) is 4.32. The SMILES string of the molecule is Cc1ccc(C)c2c3c([nH]c12)CCC(CC(=O)O)C3. The van der Waals surface area contributed by atoms with Gasteiger partial charge in [-0.2, -0.15) is 0 Å². The van der Waals surface area contributed by atoms with Gasteiger partial charge in [0.15, 0.2) is 0 Å². The molecule has 2 aromatic rings. The normalized spacial score (nSPS) is 18.5. The van der Waals surface area contributed by atoms with Crippen molar-refractivity contribution in [2.75, 3.05) is 0 Å². The summed E-state index contributed by atoms with van der Waals surface area (Å²) in [6, 6.07) is 4.31. The first-order valence-electron chi connectivity index (χ1n) is 6.87. The Hall–Kier alpha value is -1.77. The van der Waals surface area contributed by atoms with Gasteiger partial charge in [0, 0.05) is 23.0 Å². The molecule has 3 heteroatoms. The summed E-state index contributed by atoms with van der Waals surface area (Å²) in [4.78, 5) is 14.4. The van der Waals surface area contributed by atoms with Crippen molar-refractivity contribution in [1.29, 1.82) is 0 Å². The minimum atomic E-state index is -0.679. The molecule has 3 nitrogen and oxygen atoms in total. The Labute approximate surface area is 112 Å². The molecular weight excluding hydrogens is 238 g/mol. The second-order valence-corrected chi connectivity index (χ2v) is 5.74. The summed E-state index contributed by atoms with van der Waals surface area (Å²) < 4.78 is 0. The van der Waals surface area contributed by atoms with Crippen molar-refractivity contribution in [3.8, 4) is 0 Å². The molecule has 1 unspecified atom stereocenters. The molecule has 0 saturated heterocycles. The van der Waals surface area contributed by atoms with Gasteiger partial charge in [0.2, 0.25) is 0 Å². The van der Waals surface area contributed by atoms with Crippen LogP contribution in [0.2, 0.25) is 0 Å². The first-order valence-corrected chi connectivity index (χ1v) is 6.87. The molecule has 1 aromatic heterocycles. The lowest BCUT2D eigenvalue weighted by atomic mass is 9.84. The molecule has 0 saturated carbocycles. The lowest BCUT2D eigenvalue weighted by molar-refractivity contribution is -0.138. The molecule has 3 rings (SSSR count). The summed E-state index contributed by atoms with van der Waals surface area (Å²) in [5, 5.41) is 10.3. The molecule has 100 valence electrons. The smallest absolute Gasteiger partial charge is 0.303 e. The molecule has 0 spiro atoms. The Bertz CT molecular complexity index is 654. The van der Waals surface area contributed by atoms with Gasteiger partial charge < -0.3 is 10.1 Å². The van der Waals surface area contributed by atoms with E-state index in [1.165, 1.54) is 33.3 Å². The predicted molar refractivity (Wildman–Crippen MR) is 75.5 cm³/mol. The van der Waals surface area contributed by atoms with Crippen molar-refractivity contribution in [2.45, 2.75) is 39.5 Å². The van der Waals surface area contributed by atoms with Gasteiger partial charge in [-0.3, -0.25) is 4.79 Å². The van der Waals surface area contributed by atoms with Crippen molar-refractivity contribution < 1.29 is 9.90 Å². The van der Waals surface area contributed by atoms with E-state index >= 15 is 0 Å². The van der Waals surface area contributed by atoms with Gasteiger partial charge in [-0.05, 0) is 55.7 Å². The zero-order valence-electron chi connectivity index (χ0n) is 11.4. The molecule has 0 fully saturated rings. The van der Waals surface area contributed by atoms with E-state index in [1.54, 1.807) is 0 Å². The maximum atomic E-state index is 10.9. The van der Waals surface area contributed by atoms with Crippen LogP contribution in [0.3, 0.4) is 0 Å². The van der Waals surface area contributed by atoms with Gasteiger partial charge in [-0.15, -0.1) is 0 Å². The maximum Gasteiger partial charge on any atom is 0.303 e. The molecule has 0 aliphatic heterocycles. The number of benzene rings is 1. The summed E-state index contributed by atoms with van der Waals surface area (Å²) in [7, 11) is 0. The number of carboxylic acid groups (broad SMARTS) is 1. The number of fused-ring (bicyclic) bond motifs is 3. The summed E-state index contributed by atoms with van der Waals surface area (Å²) >= 11 is 0. The van der Waals surface area contributed by atoms with Gasteiger partial charge in [-0.1, -0.05) is 12.1 Å². The highest BCUT2D eigenvalue weighted by atomic mass is 16.4. The third kappa shape index (κ3) is 2.03. The van der Waals surface area contributed by atoms with Crippen LogP contribution in [0.1, 0.15) is 35.2 Å². The van der Waals surface area contributed by atoms with Crippen LogP contribution in [0.4, 0.5) is 0 Å². The van der Waals surface area contributed by atoms with E-state index in [1.807, 2.05) is 0 Å².